The molecule has 1 N–H and O–H groups in total. The molecule has 0 spiro atoms. The lowest BCUT2D eigenvalue weighted by molar-refractivity contribution is -0.385. The minimum atomic E-state index is -1.75. The topological polar surface area (TPSA) is 118 Å². The molecule has 1 saturated heterocycles. The zero-order valence-corrected chi connectivity index (χ0v) is 17.2. The molecule has 32 heavy (non-hydrogen) atoms. The van der Waals surface area contributed by atoms with Crippen LogP contribution in [0.5, 0.6) is 0 Å². The number of amides is 1. The highest BCUT2D eigenvalue weighted by atomic mass is 19.1. The summed E-state index contributed by atoms with van der Waals surface area (Å²) in [5.74, 6) is -4.37. The molecule has 1 heterocycles. The van der Waals surface area contributed by atoms with Crippen LogP contribution in [0.25, 0.3) is 0 Å². The average Bonchev–Trinajstić information content (AvgIpc) is 3.04. The first-order chi connectivity index (χ1) is 15.2. The van der Waals surface area contributed by atoms with Crippen molar-refractivity contribution in [2.45, 2.75) is 37.8 Å². The summed E-state index contributed by atoms with van der Waals surface area (Å²) in [5.41, 5.74) is -1.73. The average molecular weight is 440 g/mol. The highest BCUT2D eigenvalue weighted by Crippen LogP contribution is 2.55. The van der Waals surface area contributed by atoms with Gasteiger partial charge in [-0.15, -0.1) is 0 Å². The molecule has 1 aliphatic carbocycles. The van der Waals surface area contributed by atoms with Crippen molar-refractivity contribution in [3.8, 4) is 0 Å². The molecule has 4 unspecified atom stereocenters. The Balaban J connectivity index is 1.95. The van der Waals surface area contributed by atoms with Crippen LogP contribution in [0.2, 0.25) is 0 Å². The number of aliphatic carboxylic acids is 1. The van der Waals surface area contributed by atoms with Crippen molar-refractivity contribution in [1.29, 1.82) is 0 Å². The van der Waals surface area contributed by atoms with Gasteiger partial charge in [0.1, 0.15) is 17.1 Å². The van der Waals surface area contributed by atoms with Gasteiger partial charge in [-0.25, -0.2) is 9.18 Å². The maximum Gasteiger partial charge on any atom is 0.329 e. The van der Waals surface area contributed by atoms with Crippen LogP contribution in [0.4, 0.5) is 10.1 Å². The first-order valence-corrected chi connectivity index (χ1v) is 10.3. The molecule has 1 aliphatic heterocycles. The van der Waals surface area contributed by atoms with E-state index in [0.717, 1.165) is 11.0 Å². The van der Waals surface area contributed by atoms with Gasteiger partial charge in [-0.05, 0) is 43.5 Å². The molecule has 8 nitrogen and oxygen atoms in total. The molecule has 1 amide bonds. The fraction of sp³-hybridized carbons (Fsp3) is 0.348. The molecular weight excluding hydrogens is 419 g/mol. The largest absolute Gasteiger partial charge is 0.479 e. The first kappa shape index (κ1) is 21.6. The molecule has 0 aromatic heterocycles. The van der Waals surface area contributed by atoms with Crippen LogP contribution in [0.15, 0.2) is 48.5 Å². The van der Waals surface area contributed by atoms with Crippen LogP contribution in [-0.4, -0.2) is 38.1 Å². The number of carboxylic acid groups (broad SMARTS) is 1. The number of rotatable bonds is 4. The summed E-state index contributed by atoms with van der Waals surface area (Å²) in [6.07, 6.45) is 1.15. The Morgan fingerprint density at radius 3 is 2.59 bits per heavy atom. The number of hydrogen-bond acceptors (Lipinski definition) is 5. The summed E-state index contributed by atoms with van der Waals surface area (Å²) in [7, 11) is 0. The summed E-state index contributed by atoms with van der Waals surface area (Å²) in [4.78, 5) is 51.1. The number of carbonyl (C=O) groups is 3. The standard InChI is InChI=1S/C23H21FN2O6/c1-23(22(29)30)17-9-4-10-18(27)19(17)20(13-5-3-8-16(12-13)26(31)32)25(23)21(28)14-6-2-7-15(24)11-14/h2-3,5-8,11-12,17,19-20H,4,9-10H2,1H3,(H,29,30). The van der Waals surface area contributed by atoms with Crippen molar-refractivity contribution in [2.24, 2.45) is 11.8 Å². The number of carbonyl (C=O) groups excluding carboxylic acids is 2. The van der Waals surface area contributed by atoms with Gasteiger partial charge in [-0.2, -0.15) is 0 Å². The second-order valence-electron chi connectivity index (χ2n) is 8.43. The molecule has 2 aliphatic rings. The zero-order valence-electron chi connectivity index (χ0n) is 17.2. The molecule has 0 radical (unpaired) electrons. The van der Waals surface area contributed by atoms with Crippen molar-refractivity contribution >= 4 is 23.3 Å². The zero-order chi connectivity index (χ0) is 23.2. The van der Waals surface area contributed by atoms with E-state index >= 15 is 0 Å². The Morgan fingerprint density at radius 2 is 1.94 bits per heavy atom. The number of likely N-dealkylation sites (tertiary alicyclic amines) is 1. The number of nitrogens with zero attached hydrogens (tertiary/aromatic N) is 2. The minimum Gasteiger partial charge on any atom is -0.479 e. The van der Waals surface area contributed by atoms with E-state index in [-0.39, 0.29) is 23.5 Å². The number of Topliss-reactive ketones (excluding diaryl/α,β-unsaturated/α-hetero) is 1. The van der Waals surface area contributed by atoms with E-state index in [2.05, 4.69) is 0 Å². The van der Waals surface area contributed by atoms with Crippen molar-refractivity contribution in [1.82, 2.24) is 4.90 Å². The van der Waals surface area contributed by atoms with Gasteiger partial charge in [0.2, 0.25) is 0 Å². The number of fused-ring (bicyclic) bond motifs is 1. The molecule has 1 saturated carbocycles. The van der Waals surface area contributed by atoms with Crippen LogP contribution in [0.1, 0.15) is 48.1 Å². The number of ketones is 1. The predicted octanol–water partition coefficient (Wildman–Crippen LogP) is 3.76. The summed E-state index contributed by atoms with van der Waals surface area (Å²) in [5, 5.41) is 21.6. The third-order valence-electron chi connectivity index (χ3n) is 6.73. The molecule has 2 aromatic rings. The van der Waals surface area contributed by atoms with Crippen LogP contribution in [-0.2, 0) is 9.59 Å². The number of carboxylic acids is 1. The maximum absolute atomic E-state index is 13.9. The van der Waals surface area contributed by atoms with Gasteiger partial charge < -0.3 is 10.0 Å². The molecule has 4 atom stereocenters. The Morgan fingerprint density at radius 1 is 1.22 bits per heavy atom. The van der Waals surface area contributed by atoms with Gasteiger partial charge in [-0.3, -0.25) is 19.7 Å². The van der Waals surface area contributed by atoms with E-state index in [1.165, 1.54) is 43.3 Å². The number of nitro groups is 1. The van der Waals surface area contributed by atoms with Crippen molar-refractivity contribution in [2.75, 3.05) is 0 Å². The van der Waals surface area contributed by atoms with Crippen LogP contribution in [0.3, 0.4) is 0 Å². The van der Waals surface area contributed by atoms with Crippen molar-refractivity contribution in [3.63, 3.8) is 0 Å². The van der Waals surface area contributed by atoms with E-state index in [4.69, 9.17) is 0 Å². The quantitative estimate of drug-likeness (QED) is 0.571. The Kier molecular flexibility index (Phi) is 5.28. The maximum atomic E-state index is 13.9. The van der Waals surface area contributed by atoms with Gasteiger partial charge in [0.25, 0.3) is 11.6 Å². The lowest BCUT2D eigenvalue weighted by Crippen LogP contribution is -2.55. The second-order valence-corrected chi connectivity index (χ2v) is 8.43. The van der Waals surface area contributed by atoms with Gasteiger partial charge in [0.15, 0.2) is 0 Å². The van der Waals surface area contributed by atoms with Gasteiger partial charge >= 0.3 is 5.97 Å². The summed E-state index contributed by atoms with van der Waals surface area (Å²) in [6.45, 7) is 1.40. The predicted molar refractivity (Wildman–Crippen MR) is 110 cm³/mol. The van der Waals surface area contributed by atoms with Gasteiger partial charge in [0, 0.05) is 36.0 Å². The Labute approximate surface area is 182 Å². The van der Waals surface area contributed by atoms with Crippen LogP contribution in [0, 0.1) is 27.8 Å². The number of halogens is 1. The van der Waals surface area contributed by atoms with E-state index in [0.29, 0.717) is 18.4 Å². The van der Waals surface area contributed by atoms with E-state index in [1.54, 1.807) is 6.07 Å². The lowest BCUT2D eigenvalue weighted by Gasteiger charge is -2.38. The number of non-ortho nitro benzene ring substituents is 1. The second kappa shape index (κ2) is 7.81. The lowest BCUT2D eigenvalue weighted by atomic mass is 9.70. The summed E-state index contributed by atoms with van der Waals surface area (Å²) in [6, 6.07) is 9.42. The minimum absolute atomic E-state index is 0.0565. The molecule has 4 rings (SSSR count). The molecule has 166 valence electrons. The van der Waals surface area contributed by atoms with E-state index < -0.39 is 46.0 Å². The fourth-order valence-electron chi connectivity index (χ4n) is 5.26. The third-order valence-corrected chi connectivity index (χ3v) is 6.73. The monoisotopic (exact) mass is 440 g/mol. The molecule has 9 heteroatoms. The molecule has 2 fully saturated rings. The summed E-state index contributed by atoms with van der Waals surface area (Å²) < 4.78 is 13.9. The first-order valence-electron chi connectivity index (χ1n) is 10.3. The van der Waals surface area contributed by atoms with Gasteiger partial charge in [-0.1, -0.05) is 18.2 Å². The highest BCUT2D eigenvalue weighted by Gasteiger charge is 2.64. The Hall–Kier alpha value is -3.62. The van der Waals surface area contributed by atoms with E-state index in [9.17, 15) is 34.0 Å². The number of benzene rings is 2. The van der Waals surface area contributed by atoms with E-state index in [1.807, 2.05) is 0 Å². The van der Waals surface area contributed by atoms with Crippen LogP contribution < -0.4 is 0 Å². The Bertz CT molecular complexity index is 1130. The SMILES string of the molecule is CC1(C(=O)O)C2CCCC(=O)C2C(c2cccc([N+](=O)[O-])c2)N1C(=O)c1cccc(F)c1. The molecule has 2 aromatic carbocycles. The fourth-order valence-corrected chi connectivity index (χ4v) is 5.26. The highest BCUT2D eigenvalue weighted by molar-refractivity contribution is 6.00. The smallest absolute Gasteiger partial charge is 0.329 e. The molecular formula is C23H21FN2O6. The summed E-state index contributed by atoms with van der Waals surface area (Å²) >= 11 is 0. The number of hydrogen-bond donors (Lipinski definition) is 1. The van der Waals surface area contributed by atoms with Crippen LogP contribution >= 0.6 is 0 Å². The van der Waals surface area contributed by atoms with Crippen molar-refractivity contribution < 1.29 is 28.8 Å². The normalized spacial score (nSPS) is 27.1. The number of nitro benzene ring substituents is 1. The van der Waals surface area contributed by atoms with Crippen molar-refractivity contribution in [3.05, 3.63) is 75.6 Å². The third kappa shape index (κ3) is 3.24. The van der Waals surface area contributed by atoms with Gasteiger partial charge in [0.05, 0.1) is 11.0 Å². The molecule has 0 bridgehead atoms.